The fraction of sp³-hybridized carbons (Fsp3) is 0.350. The molecule has 0 saturated heterocycles. The highest BCUT2D eigenvalue weighted by molar-refractivity contribution is 7.98. The highest BCUT2D eigenvalue weighted by Gasteiger charge is 2.18. The van der Waals surface area contributed by atoms with Crippen LogP contribution < -0.4 is 10.1 Å². The molecule has 2 aromatic rings. The number of halogens is 3. The normalized spacial score (nSPS) is 11.9. The minimum Gasteiger partial charge on any atom is -0.481 e. The van der Waals surface area contributed by atoms with Gasteiger partial charge in [-0.3, -0.25) is 4.79 Å². The molecule has 1 atom stereocenters. The molecule has 0 bridgehead atoms. The van der Waals surface area contributed by atoms with Gasteiger partial charge in [0.1, 0.15) is 5.75 Å². The third-order valence-corrected chi connectivity index (χ3v) is 6.04. The van der Waals surface area contributed by atoms with Crippen LogP contribution in [0.1, 0.15) is 24.5 Å². The summed E-state index contributed by atoms with van der Waals surface area (Å²) in [7, 11) is 0. The van der Waals surface area contributed by atoms with E-state index in [-0.39, 0.29) is 5.91 Å². The van der Waals surface area contributed by atoms with Gasteiger partial charge in [0.05, 0.1) is 0 Å². The Balaban J connectivity index is 1.77. The average Bonchev–Trinajstić information content (AvgIpc) is 2.64. The Bertz CT molecular complexity index is 766. The summed E-state index contributed by atoms with van der Waals surface area (Å²) in [6.07, 6.45) is 0.0455. The second kappa shape index (κ2) is 11.1. The fourth-order valence-electron chi connectivity index (χ4n) is 2.38. The minimum absolute atomic E-state index is 0.124. The molecule has 0 aliphatic heterocycles. The molecule has 7 heteroatoms. The van der Waals surface area contributed by atoms with Crippen molar-refractivity contribution in [3.8, 4) is 5.75 Å². The van der Waals surface area contributed by atoms with E-state index in [2.05, 4.69) is 5.32 Å². The van der Waals surface area contributed by atoms with E-state index in [0.29, 0.717) is 39.5 Å². The van der Waals surface area contributed by atoms with Gasteiger partial charge in [-0.2, -0.15) is 11.8 Å². The number of ether oxygens (including phenoxy) is 1. The van der Waals surface area contributed by atoms with Gasteiger partial charge in [-0.1, -0.05) is 47.8 Å². The highest BCUT2D eigenvalue weighted by atomic mass is 35.5. The van der Waals surface area contributed by atoms with E-state index in [9.17, 15) is 4.79 Å². The molecule has 0 fully saturated rings. The third-order valence-electron chi connectivity index (χ3n) is 3.92. The molecule has 0 aliphatic rings. The van der Waals surface area contributed by atoms with Crippen molar-refractivity contribution in [2.24, 2.45) is 0 Å². The maximum absolute atomic E-state index is 12.4. The predicted molar refractivity (Wildman–Crippen MR) is 117 cm³/mol. The van der Waals surface area contributed by atoms with Gasteiger partial charge in [0.15, 0.2) is 6.10 Å². The lowest BCUT2D eigenvalue weighted by Gasteiger charge is -2.18. The lowest BCUT2D eigenvalue weighted by Crippen LogP contribution is -2.39. The van der Waals surface area contributed by atoms with Crippen LogP contribution in [0.2, 0.25) is 15.1 Å². The number of carbonyl (C=O) groups excluding carboxylic acids is 1. The number of benzene rings is 2. The Labute approximate surface area is 179 Å². The van der Waals surface area contributed by atoms with Crippen molar-refractivity contribution in [2.75, 3.05) is 12.3 Å². The average molecular weight is 447 g/mol. The summed E-state index contributed by atoms with van der Waals surface area (Å²) >= 11 is 20.0. The standard InChI is InChI=1S/C20H22Cl3NO2S/c1-3-19(26-14-7-8-16(21)13(2)11-14)20(25)24-9-10-27-12-15-17(22)5-4-6-18(15)23/h4-8,11,19H,3,9-10,12H2,1-2H3,(H,24,25)/t19-/m0/s1. The lowest BCUT2D eigenvalue weighted by molar-refractivity contribution is -0.127. The number of amides is 1. The molecule has 0 aliphatic carbocycles. The number of carbonyl (C=O) groups is 1. The van der Waals surface area contributed by atoms with Gasteiger partial charge in [-0.05, 0) is 54.8 Å². The first-order chi connectivity index (χ1) is 12.9. The Morgan fingerprint density at radius 2 is 1.85 bits per heavy atom. The molecular weight excluding hydrogens is 425 g/mol. The van der Waals surface area contributed by atoms with Crippen LogP contribution in [0.3, 0.4) is 0 Å². The molecule has 2 aromatic carbocycles. The summed E-state index contributed by atoms with van der Waals surface area (Å²) < 4.78 is 5.81. The van der Waals surface area contributed by atoms with Gasteiger partial charge in [0, 0.05) is 33.1 Å². The van der Waals surface area contributed by atoms with E-state index >= 15 is 0 Å². The molecule has 146 valence electrons. The molecule has 0 spiro atoms. The zero-order valence-electron chi connectivity index (χ0n) is 15.2. The summed E-state index contributed by atoms with van der Waals surface area (Å²) in [6.45, 7) is 4.37. The molecule has 3 nitrogen and oxygen atoms in total. The van der Waals surface area contributed by atoms with Crippen LogP contribution in [-0.4, -0.2) is 24.3 Å². The predicted octanol–water partition coefficient (Wildman–Crippen LogP) is 6.16. The summed E-state index contributed by atoms with van der Waals surface area (Å²) in [5.74, 6) is 1.97. The number of aryl methyl sites for hydroxylation is 1. The third kappa shape index (κ3) is 6.79. The van der Waals surface area contributed by atoms with Crippen LogP contribution in [-0.2, 0) is 10.5 Å². The number of rotatable bonds is 9. The summed E-state index contributed by atoms with van der Waals surface area (Å²) in [4.78, 5) is 12.4. The summed E-state index contributed by atoms with van der Waals surface area (Å²) in [5, 5.41) is 4.92. The molecule has 0 aromatic heterocycles. The summed E-state index contributed by atoms with van der Waals surface area (Å²) in [5.41, 5.74) is 1.84. The van der Waals surface area contributed by atoms with Crippen LogP contribution in [0.25, 0.3) is 0 Å². The fourth-order valence-corrected chi connectivity index (χ4v) is 4.09. The van der Waals surface area contributed by atoms with Gasteiger partial charge in [0.25, 0.3) is 5.91 Å². The smallest absolute Gasteiger partial charge is 0.261 e. The van der Waals surface area contributed by atoms with Gasteiger partial charge < -0.3 is 10.1 Å². The van der Waals surface area contributed by atoms with Crippen molar-refractivity contribution < 1.29 is 9.53 Å². The van der Waals surface area contributed by atoms with E-state index in [4.69, 9.17) is 39.5 Å². The molecule has 2 rings (SSSR count). The van der Waals surface area contributed by atoms with Crippen LogP contribution >= 0.6 is 46.6 Å². The first kappa shape index (κ1) is 22.2. The van der Waals surface area contributed by atoms with Crippen molar-refractivity contribution in [2.45, 2.75) is 32.1 Å². The monoisotopic (exact) mass is 445 g/mol. The molecule has 1 N–H and O–H groups in total. The van der Waals surface area contributed by atoms with Crippen molar-refractivity contribution in [1.29, 1.82) is 0 Å². The first-order valence-corrected chi connectivity index (χ1v) is 10.9. The maximum atomic E-state index is 12.4. The SMILES string of the molecule is CC[C@H](Oc1ccc(Cl)c(C)c1)C(=O)NCCSCc1c(Cl)cccc1Cl. The molecular formula is C20H22Cl3NO2S. The van der Waals surface area contributed by atoms with Crippen molar-refractivity contribution in [3.05, 3.63) is 62.6 Å². The number of thioether (sulfide) groups is 1. The topological polar surface area (TPSA) is 38.3 Å². The number of hydrogen-bond acceptors (Lipinski definition) is 3. The lowest BCUT2D eigenvalue weighted by atomic mass is 10.2. The molecule has 0 heterocycles. The maximum Gasteiger partial charge on any atom is 0.261 e. The Morgan fingerprint density at radius 3 is 2.48 bits per heavy atom. The minimum atomic E-state index is -0.534. The number of nitrogens with one attached hydrogen (secondary N) is 1. The van der Waals surface area contributed by atoms with Crippen LogP contribution in [0.15, 0.2) is 36.4 Å². The van der Waals surface area contributed by atoms with Gasteiger partial charge in [0.2, 0.25) is 0 Å². The van der Waals surface area contributed by atoms with Crippen LogP contribution in [0.5, 0.6) is 5.75 Å². The second-order valence-electron chi connectivity index (χ2n) is 5.97. The van der Waals surface area contributed by atoms with Crippen molar-refractivity contribution in [3.63, 3.8) is 0 Å². The van der Waals surface area contributed by atoms with Gasteiger partial charge in [-0.15, -0.1) is 0 Å². The van der Waals surface area contributed by atoms with Crippen LogP contribution in [0.4, 0.5) is 0 Å². The first-order valence-electron chi connectivity index (χ1n) is 8.63. The Morgan fingerprint density at radius 1 is 1.15 bits per heavy atom. The molecule has 0 radical (unpaired) electrons. The summed E-state index contributed by atoms with van der Waals surface area (Å²) in [6, 6.07) is 10.9. The largest absolute Gasteiger partial charge is 0.481 e. The Hall–Kier alpha value is -1.07. The zero-order valence-corrected chi connectivity index (χ0v) is 18.3. The van der Waals surface area contributed by atoms with E-state index in [1.165, 1.54) is 0 Å². The van der Waals surface area contributed by atoms with E-state index in [0.717, 1.165) is 16.9 Å². The Kier molecular flexibility index (Phi) is 9.10. The molecule has 1 amide bonds. The molecule has 0 unspecified atom stereocenters. The molecule has 0 saturated carbocycles. The van der Waals surface area contributed by atoms with Gasteiger partial charge >= 0.3 is 0 Å². The van der Waals surface area contributed by atoms with E-state index < -0.39 is 6.10 Å². The van der Waals surface area contributed by atoms with Crippen molar-refractivity contribution >= 4 is 52.5 Å². The van der Waals surface area contributed by atoms with E-state index in [1.54, 1.807) is 23.9 Å². The zero-order chi connectivity index (χ0) is 19.8. The number of hydrogen-bond donors (Lipinski definition) is 1. The quantitative estimate of drug-likeness (QED) is 0.469. The second-order valence-corrected chi connectivity index (χ2v) is 8.30. The highest BCUT2D eigenvalue weighted by Crippen LogP contribution is 2.28. The van der Waals surface area contributed by atoms with Crippen molar-refractivity contribution in [1.82, 2.24) is 5.32 Å². The van der Waals surface area contributed by atoms with Gasteiger partial charge in [-0.25, -0.2) is 0 Å². The van der Waals surface area contributed by atoms with E-state index in [1.807, 2.05) is 38.1 Å². The molecule has 27 heavy (non-hydrogen) atoms. The van der Waals surface area contributed by atoms with Crippen LogP contribution in [0, 0.1) is 6.92 Å².